The molecule has 0 bridgehead atoms. The van der Waals surface area contributed by atoms with E-state index in [-0.39, 0.29) is 0 Å². The molecule has 1 aromatic rings. The summed E-state index contributed by atoms with van der Waals surface area (Å²) in [7, 11) is 1.71. The van der Waals surface area contributed by atoms with Gasteiger partial charge in [-0.15, -0.1) is 0 Å². The average molecular weight is 229 g/mol. The van der Waals surface area contributed by atoms with Gasteiger partial charge in [0, 0.05) is 11.4 Å². The van der Waals surface area contributed by atoms with Gasteiger partial charge in [-0.1, -0.05) is 12.2 Å². The zero-order valence-corrected chi connectivity index (χ0v) is 10.7. The number of allylic oxidation sites excluding steroid dienone is 3. The molecule has 0 spiro atoms. The third kappa shape index (κ3) is 2.52. The molecule has 1 N–H and O–H groups in total. The Hall–Kier alpha value is -1.70. The van der Waals surface area contributed by atoms with E-state index in [0.717, 1.165) is 24.3 Å². The molecule has 2 heteroatoms. The lowest BCUT2D eigenvalue weighted by atomic mass is 10.1. The van der Waals surface area contributed by atoms with Gasteiger partial charge in [-0.3, -0.25) is 0 Å². The number of anilines is 1. The first-order valence-corrected chi connectivity index (χ1v) is 6.00. The summed E-state index contributed by atoms with van der Waals surface area (Å²) >= 11 is 0. The first kappa shape index (κ1) is 11.8. The summed E-state index contributed by atoms with van der Waals surface area (Å²) in [6.45, 7) is 4.21. The molecule has 1 aliphatic rings. The minimum Gasteiger partial charge on any atom is -0.496 e. The fourth-order valence-electron chi connectivity index (χ4n) is 2.01. The van der Waals surface area contributed by atoms with Crippen molar-refractivity contribution in [2.45, 2.75) is 26.7 Å². The summed E-state index contributed by atoms with van der Waals surface area (Å²) in [5, 5.41) is 3.46. The quantitative estimate of drug-likeness (QED) is 0.847. The fourth-order valence-corrected chi connectivity index (χ4v) is 2.01. The van der Waals surface area contributed by atoms with Crippen LogP contribution in [0.4, 0.5) is 5.69 Å². The molecule has 0 radical (unpaired) electrons. The van der Waals surface area contributed by atoms with Gasteiger partial charge < -0.3 is 10.1 Å². The zero-order valence-electron chi connectivity index (χ0n) is 10.7. The summed E-state index contributed by atoms with van der Waals surface area (Å²) in [4.78, 5) is 0. The first-order chi connectivity index (χ1) is 8.22. The van der Waals surface area contributed by atoms with Crippen molar-refractivity contribution in [1.29, 1.82) is 0 Å². The molecule has 2 rings (SSSR count). The molecule has 0 fully saturated rings. The maximum absolute atomic E-state index is 5.31. The maximum Gasteiger partial charge on any atom is 0.122 e. The molecule has 90 valence electrons. The molecule has 0 heterocycles. The molecule has 1 aromatic carbocycles. The Kier molecular flexibility index (Phi) is 3.52. The molecular weight excluding hydrogens is 210 g/mol. The number of hydrogen-bond donors (Lipinski definition) is 1. The van der Waals surface area contributed by atoms with Crippen molar-refractivity contribution in [2.24, 2.45) is 0 Å². The minimum absolute atomic E-state index is 0.946. The van der Waals surface area contributed by atoms with Gasteiger partial charge in [0.2, 0.25) is 0 Å². The minimum atomic E-state index is 0.946. The number of ether oxygens (including phenoxy) is 1. The molecule has 0 saturated carbocycles. The summed E-state index contributed by atoms with van der Waals surface area (Å²) in [6, 6.07) is 4.09. The van der Waals surface area contributed by atoms with Gasteiger partial charge in [0.15, 0.2) is 0 Å². The van der Waals surface area contributed by atoms with Gasteiger partial charge in [-0.2, -0.15) is 0 Å². The Bertz CT molecular complexity index is 472. The maximum atomic E-state index is 5.31. The Morgan fingerprint density at radius 3 is 2.59 bits per heavy atom. The van der Waals surface area contributed by atoms with Crippen LogP contribution in [0.5, 0.6) is 5.75 Å². The Labute approximate surface area is 103 Å². The van der Waals surface area contributed by atoms with Crippen molar-refractivity contribution in [3.8, 4) is 5.75 Å². The van der Waals surface area contributed by atoms with Crippen LogP contribution in [0, 0.1) is 13.8 Å². The van der Waals surface area contributed by atoms with E-state index in [1.807, 2.05) is 6.07 Å². The number of rotatable bonds is 3. The lowest BCUT2D eigenvalue weighted by molar-refractivity contribution is 0.411. The fraction of sp³-hybridized carbons (Fsp3) is 0.333. The van der Waals surface area contributed by atoms with E-state index in [1.54, 1.807) is 7.11 Å². The smallest absolute Gasteiger partial charge is 0.122 e. The van der Waals surface area contributed by atoms with Crippen LogP contribution in [0.1, 0.15) is 24.0 Å². The monoisotopic (exact) mass is 229 g/mol. The van der Waals surface area contributed by atoms with E-state index in [9.17, 15) is 0 Å². The van der Waals surface area contributed by atoms with Gasteiger partial charge in [-0.05, 0) is 56.0 Å². The highest BCUT2D eigenvalue weighted by Crippen LogP contribution is 2.28. The van der Waals surface area contributed by atoms with E-state index >= 15 is 0 Å². The Morgan fingerprint density at radius 2 is 1.94 bits per heavy atom. The topological polar surface area (TPSA) is 21.3 Å². The van der Waals surface area contributed by atoms with Gasteiger partial charge in [0.05, 0.1) is 7.11 Å². The molecule has 0 unspecified atom stereocenters. The van der Waals surface area contributed by atoms with Crippen LogP contribution in [0.3, 0.4) is 0 Å². The molecule has 17 heavy (non-hydrogen) atoms. The van der Waals surface area contributed by atoms with Crippen LogP contribution in [-0.2, 0) is 0 Å². The van der Waals surface area contributed by atoms with E-state index in [4.69, 9.17) is 4.74 Å². The second-order valence-corrected chi connectivity index (χ2v) is 4.33. The van der Waals surface area contributed by atoms with Crippen LogP contribution >= 0.6 is 0 Å². The van der Waals surface area contributed by atoms with E-state index < -0.39 is 0 Å². The molecule has 0 amide bonds. The van der Waals surface area contributed by atoms with Crippen molar-refractivity contribution in [3.05, 3.63) is 47.2 Å². The van der Waals surface area contributed by atoms with Crippen LogP contribution in [-0.4, -0.2) is 7.11 Å². The highest BCUT2D eigenvalue weighted by atomic mass is 16.5. The number of benzene rings is 1. The molecule has 1 aliphatic carbocycles. The standard InChI is InChI=1S/C15H19NO/c1-11-12(2)15(17-3)10-9-14(11)16-13-7-5-4-6-8-13/h5,7-10,16H,4,6H2,1-3H3. The summed E-state index contributed by atoms with van der Waals surface area (Å²) in [6.07, 6.45) is 8.84. The Morgan fingerprint density at radius 1 is 1.12 bits per heavy atom. The summed E-state index contributed by atoms with van der Waals surface area (Å²) < 4.78 is 5.31. The second kappa shape index (κ2) is 5.09. The third-order valence-corrected chi connectivity index (χ3v) is 3.23. The van der Waals surface area contributed by atoms with Crippen molar-refractivity contribution in [3.63, 3.8) is 0 Å². The van der Waals surface area contributed by atoms with Crippen molar-refractivity contribution in [1.82, 2.24) is 0 Å². The third-order valence-electron chi connectivity index (χ3n) is 3.23. The predicted molar refractivity (Wildman–Crippen MR) is 72.5 cm³/mol. The Balaban J connectivity index is 2.25. The lowest BCUT2D eigenvalue weighted by Gasteiger charge is -2.16. The van der Waals surface area contributed by atoms with Crippen LogP contribution < -0.4 is 10.1 Å². The van der Waals surface area contributed by atoms with E-state index in [0.29, 0.717) is 0 Å². The van der Waals surface area contributed by atoms with Gasteiger partial charge in [-0.25, -0.2) is 0 Å². The van der Waals surface area contributed by atoms with Crippen molar-refractivity contribution < 1.29 is 4.74 Å². The van der Waals surface area contributed by atoms with Crippen LogP contribution in [0.25, 0.3) is 0 Å². The highest BCUT2D eigenvalue weighted by Gasteiger charge is 2.07. The SMILES string of the molecule is COc1ccc(NC2=CCCC=C2)c(C)c1C. The van der Waals surface area contributed by atoms with E-state index in [2.05, 4.69) is 43.5 Å². The number of methoxy groups -OCH3 is 1. The van der Waals surface area contributed by atoms with Gasteiger partial charge >= 0.3 is 0 Å². The lowest BCUT2D eigenvalue weighted by Crippen LogP contribution is -2.02. The molecule has 0 atom stereocenters. The molecule has 0 aromatic heterocycles. The van der Waals surface area contributed by atoms with Crippen molar-refractivity contribution >= 4 is 5.69 Å². The first-order valence-electron chi connectivity index (χ1n) is 6.00. The van der Waals surface area contributed by atoms with Crippen LogP contribution in [0.15, 0.2) is 36.1 Å². The molecule has 0 saturated heterocycles. The normalized spacial score (nSPS) is 14.4. The van der Waals surface area contributed by atoms with Crippen molar-refractivity contribution in [2.75, 3.05) is 12.4 Å². The average Bonchev–Trinajstić information content (AvgIpc) is 2.37. The summed E-state index contributed by atoms with van der Waals surface area (Å²) in [5.41, 5.74) is 4.77. The number of hydrogen-bond acceptors (Lipinski definition) is 2. The predicted octanol–water partition coefficient (Wildman–Crippen LogP) is 3.96. The second-order valence-electron chi connectivity index (χ2n) is 4.33. The van der Waals surface area contributed by atoms with Gasteiger partial charge in [0.1, 0.15) is 5.75 Å². The largest absolute Gasteiger partial charge is 0.496 e. The highest BCUT2D eigenvalue weighted by molar-refractivity contribution is 5.61. The molecular formula is C15H19NO. The molecule has 0 aliphatic heterocycles. The molecule has 2 nitrogen and oxygen atoms in total. The number of nitrogens with one attached hydrogen (secondary N) is 1. The zero-order chi connectivity index (χ0) is 12.3. The van der Waals surface area contributed by atoms with E-state index in [1.165, 1.54) is 16.8 Å². The van der Waals surface area contributed by atoms with Crippen LogP contribution in [0.2, 0.25) is 0 Å². The summed E-state index contributed by atoms with van der Waals surface area (Å²) in [5.74, 6) is 0.946. The van der Waals surface area contributed by atoms with Gasteiger partial charge in [0.25, 0.3) is 0 Å².